The first-order valence-corrected chi connectivity index (χ1v) is 6.44. The molecule has 0 spiro atoms. The Kier molecular flexibility index (Phi) is 3.56. The van der Waals surface area contributed by atoms with Gasteiger partial charge in [0.25, 0.3) is 0 Å². The summed E-state index contributed by atoms with van der Waals surface area (Å²) in [4.78, 5) is 1.03. The Hall–Kier alpha value is -0.230. The fraction of sp³-hybridized carbons (Fsp3) is 0.400. The van der Waals surface area contributed by atoms with Crippen molar-refractivity contribution in [3.8, 4) is 0 Å². The molecule has 1 aliphatic rings. The van der Waals surface area contributed by atoms with Crippen molar-refractivity contribution >= 4 is 33.4 Å². The number of aliphatic hydroxyl groups excluding tert-OH is 1. The van der Waals surface area contributed by atoms with Crippen LogP contribution in [0.25, 0.3) is 0 Å². The number of nitrogen functional groups attached to an aromatic ring is 1. The topological polar surface area (TPSA) is 58.3 Å². The zero-order valence-corrected chi connectivity index (χ0v) is 10.5. The molecule has 0 radical (unpaired) electrons. The number of anilines is 1. The van der Waals surface area contributed by atoms with E-state index in [0.717, 1.165) is 21.6 Å². The molecule has 1 fully saturated rings. The number of nitrogens with one attached hydrogen (secondary N) is 1. The molecular weight excluding hydrogens is 276 g/mol. The van der Waals surface area contributed by atoms with Crippen LogP contribution >= 0.6 is 27.7 Å². The molecule has 3 nitrogen and oxygen atoms in total. The van der Waals surface area contributed by atoms with E-state index in [2.05, 4.69) is 21.2 Å². The van der Waals surface area contributed by atoms with E-state index in [4.69, 9.17) is 5.73 Å². The summed E-state index contributed by atoms with van der Waals surface area (Å²) in [5.74, 6) is 0. The van der Waals surface area contributed by atoms with E-state index in [1.54, 1.807) is 11.8 Å². The molecule has 0 saturated carbocycles. The highest BCUT2D eigenvalue weighted by molar-refractivity contribution is 9.10. The maximum Gasteiger partial charge on any atom is 0.0798 e. The summed E-state index contributed by atoms with van der Waals surface area (Å²) < 4.78 is 1.01. The summed E-state index contributed by atoms with van der Waals surface area (Å²) in [5, 5.41) is 13.0. The Balaban J connectivity index is 2.12. The quantitative estimate of drug-likeness (QED) is 0.721. The fourth-order valence-corrected chi connectivity index (χ4v) is 3.23. The van der Waals surface area contributed by atoms with Crippen molar-refractivity contribution in [2.75, 3.05) is 18.8 Å². The van der Waals surface area contributed by atoms with E-state index in [0.29, 0.717) is 6.54 Å². The highest BCUT2D eigenvalue weighted by Gasteiger charge is 2.26. The predicted molar refractivity (Wildman–Crippen MR) is 67.1 cm³/mol. The lowest BCUT2D eigenvalue weighted by atomic mass is 10.3. The van der Waals surface area contributed by atoms with Crippen LogP contribution in [0.5, 0.6) is 0 Å². The average molecular weight is 289 g/mol. The second-order valence-corrected chi connectivity index (χ2v) is 5.76. The zero-order chi connectivity index (χ0) is 10.8. The lowest BCUT2D eigenvalue weighted by molar-refractivity contribution is 0.201. The minimum absolute atomic E-state index is 0.196. The molecule has 1 aliphatic heterocycles. The Morgan fingerprint density at radius 2 is 2.27 bits per heavy atom. The first kappa shape index (κ1) is 11.3. The Bertz CT molecular complexity index is 361. The summed E-state index contributed by atoms with van der Waals surface area (Å²) in [6.07, 6.45) is -0.284. The number of aliphatic hydroxyl groups is 1. The van der Waals surface area contributed by atoms with E-state index in [-0.39, 0.29) is 11.4 Å². The lowest BCUT2D eigenvalue weighted by Gasteiger charge is -2.14. The molecule has 0 aliphatic carbocycles. The molecule has 82 valence electrons. The first-order valence-electron chi connectivity index (χ1n) is 4.77. The van der Waals surface area contributed by atoms with E-state index >= 15 is 0 Å². The third kappa shape index (κ3) is 2.66. The van der Waals surface area contributed by atoms with Crippen LogP contribution in [0, 0.1) is 0 Å². The second kappa shape index (κ2) is 4.74. The standard InChI is InChI=1S/C10H13BrN2OS/c11-6-1-2-7(12)9(3-6)15-10-5-13-4-8(10)14/h1-3,8,10,13-14H,4-5,12H2. The van der Waals surface area contributed by atoms with Gasteiger partial charge in [0.1, 0.15) is 0 Å². The molecule has 0 aromatic heterocycles. The van der Waals surface area contributed by atoms with Gasteiger partial charge in [-0.1, -0.05) is 15.9 Å². The van der Waals surface area contributed by atoms with Crippen LogP contribution in [-0.4, -0.2) is 29.5 Å². The van der Waals surface area contributed by atoms with Crippen LogP contribution in [0.3, 0.4) is 0 Å². The van der Waals surface area contributed by atoms with Gasteiger partial charge in [0.15, 0.2) is 0 Å². The van der Waals surface area contributed by atoms with Crippen LogP contribution in [0.2, 0.25) is 0 Å². The molecular formula is C10H13BrN2OS. The first-order chi connectivity index (χ1) is 7.16. The SMILES string of the molecule is Nc1ccc(Br)cc1SC1CNCC1O. The summed E-state index contributed by atoms with van der Waals surface area (Å²) >= 11 is 5.05. The Morgan fingerprint density at radius 1 is 1.47 bits per heavy atom. The van der Waals surface area contributed by atoms with Gasteiger partial charge in [0, 0.05) is 33.4 Å². The highest BCUT2D eigenvalue weighted by Crippen LogP contribution is 2.33. The molecule has 0 bridgehead atoms. The highest BCUT2D eigenvalue weighted by atomic mass is 79.9. The number of benzene rings is 1. The minimum Gasteiger partial charge on any atom is -0.398 e. The molecule has 1 saturated heterocycles. The number of hydrogen-bond acceptors (Lipinski definition) is 4. The van der Waals surface area contributed by atoms with Gasteiger partial charge in [-0.3, -0.25) is 0 Å². The van der Waals surface area contributed by atoms with Crippen molar-refractivity contribution in [2.24, 2.45) is 0 Å². The monoisotopic (exact) mass is 288 g/mol. The zero-order valence-electron chi connectivity index (χ0n) is 8.11. The molecule has 4 N–H and O–H groups in total. The van der Waals surface area contributed by atoms with Crippen LogP contribution in [0.15, 0.2) is 27.6 Å². The van der Waals surface area contributed by atoms with Gasteiger partial charge in [-0.05, 0) is 18.2 Å². The van der Waals surface area contributed by atoms with E-state index in [1.165, 1.54) is 0 Å². The van der Waals surface area contributed by atoms with Gasteiger partial charge < -0.3 is 16.2 Å². The van der Waals surface area contributed by atoms with Crippen LogP contribution < -0.4 is 11.1 Å². The summed E-state index contributed by atoms with van der Waals surface area (Å²) in [5.41, 5.74) is 6.64. The number of nitrogens with two attached hydrogens (primary N) is 1. The summed E-state index contributed by atoms with van der Waals surface area (Å²) in [6, 6.07) is 5.79. The predicted octanol–water partition coefficient (Wildman–Crippen LogP) is 1.46. The smallest absolute Gasteiger partial charge is 0.0798 e. The van der Waals surface area contributed by atoms with E-state index in [9.17, 15) is 5.11 Å². The van der Waals surface area contributed by atoms with Crippen LogP contribution in [0.4, 0.5) is 5.69 Å². The molecule has 1 heterocycles. The van der Waals surface area contributed by atoms with E-state index in [1.807, 2.05) is 18.2 Å². The third-order valence-electron chi connectivity index (χ3n) is 2.38. The summed E-state index contributed by atoms with van der Waals surface area (Å²) in [7, 11) is 0. The Morgan fingerprint density at radius 3 is 2.93 bits per heavy atom. The molecule has 2 atom stereocenters. The Labute approximate surface area is 102 Å². The fourth-order valence-electron chi connectivity index (χ4n) is 1.53. The third-order valence-corrected chi connectivity index (χ3v) is 4.27. The maximum absolute atomic E-state index is 9.67. The number of rotatable bonds is 2. The van der Waals surface area contributed by atoms with Crippen molar-refractivity contribution in [3.63, 3.8) is 0 Å². The number of thioether (sulfide) groups is 1. The number of β-amino-alcohol motifs (C(OH)–C–C–N with tert-alkyl or cyclic N) is 1. The second-order valence-electron chi connectivity index (χ2n) is 3.56. The largest absolute Gasteiger partial charge is 0.398 e. The van der Waals surface area contributed by atoms with Crippen molar-refractivity contribution in [3.05, 3.63) is 22.7 Å². The molecule has 5 heteroatoms. The van der Waals surface area contributed by atoms with Gasteiger partial charge in [-0.25, -0.2) is 0 Å². The molecule has 2 rings (SSSR count). The van der Waals surface area contributed by atoms with Crippen molar-refractivity contribution < 1.29 is 5.11 Å². The normalized spacial score (nSPS) is 25.7. The van der Waals surface area contributed by atoms with Gasteiger partial charge in [0.05, 0.1) is 6.10 Å². The van der Waals surface area contributed by atoms with Crippen LogP contribution in [0.1, 0.15) is 0 Å². The van der Waals surface area contributed by atoms with Gasteiger partial charge >= 0.3 is 0 Å². The van der Waals surface area contributed by atoms with Crippen molar-refractivity contribution in [1.82, 2.24) is 5.32 Å². The van der Waals surface area contributed by atoms with Gasteiger partial charge in [0.2, 0.25) is 0 Å². The molecule has 15 heavy (non-hydrogen) atoms. The van der Waals surface area contributed by atoms with E-state index < -0.39 is 0 Å². The number of halogens is 1. The van der Waals surface area contributed by atoms with Crippen molar-refractivity contribution in [2.45, 2.75) is 16.2 Å². The van der Waals surface area contributed by atoms with Gasteiger partial charge in [-0.15, -0.1) is 11.8 Å². The van der Waals surface area contributed by atoms with Crippen LogP contribution in [-0.2, 0) is 0 Å². The molecule has 2 unspecified atom stereocenters. The summed E-state index contributed by atoms with van der Waals surface area (Å²) in [6.45, 7) is 1.50. The number of hydrogen-bond donors (Lipinski definition) is 3. The molecule has 0 amide bonds. The molecule has 1 aromatic rings. The average Bonchev–Trinajstić information content (AvgIpc) is 2.58. The van der Waals surface area contributed by atoms with Gasteiger partial charge in [-0.2, -0.15) is 0 Å². The molecule has 1 aromatic carbocycles. The van der Waals surface area contributed by atoms with Crippen molar-refractivity contribution in [1.29, 1.82) is 0 Å². The lowest BCUT2D eigenvalue weighted by Crippen LogP contribution is -2.20. The minimum atomic E-state index is -0.284. The maximum atomic E-state index is 9.67.